The average Bonchev–Trinajstić information content (AvgIpc) is 2.76. The summed E-state index contributed by atoms with van der Waals surface area (Å²) in [6, 6.07) is 17.5. The molecule has 3 aromatic rings. The van der Waals surface area contributed by atoms with E-state index < -0.39 is 10.8 Å². The number of hydrogen-bond acceptors (Lipinski definition) is 5. The number of carbonyl (C=O) groups excluding carboxylic acids is 2. The molecule has 3 aromatic carbocycles. The molecule has 1 heterocycles. The van der Waals surface area contributed by atoms with Gasteiger partial charge in [-0.3, -0.25) is 24.6 Å². The Morgan fingerprint density at radius 1 is 1.17 bits per heavy atom. The van der Waals surface area contributed by atoms with Crippen molar-refractivity contribution in [3.63, 3.8) is 0 Å². The van der Waals surface area contributed by atoms with Crippen LogP contribution in [0.25, 0.3) is 10.8 Å². The second-order valence-electron chi connectivity index (χ2n) is 6.81. The molecule has 30 heavy (non-hydrogen) atoms. The number of rotatable bonds is 5. The topological polar surface area (TPSA) is 93.0 Å². The summed E-state index contributed by atoms with van der Waals surface area (Å²) in [6.45, 7) is 1.80. The molecule has 0 spiro atoms. The highest BCUT2D eigenvalue weighted by Crippen LogP contribution is 2.35. The first-order valence-electron chi connectivity index (χ1n) is 9.49. The molecule has 0 N–H and O–H groups in total. The van der Waals surface area contributed by atoms with Crippen LogP contribution < -0.4 is 14.5 Å². The van der Waals surface area contributed by atoms with E-state index in [1.54, 1.807) is 4.90 Å². The molecule has 0 atom stereocenters. The van der Waals surface area contributed by atoms with Crippen molar-refractivity contribution in [3.05, 3.63) is 70.8 Å². The van der Waals surface area contributed by atoms with E-state index in [0.29, 0.717) is 12.3 Å². The molecule has 0 aliphatic carbocycles. The molecular weight excluding hydrogens is 386 g/mol. The molecule has 2 amide bonds. The van der Waals surface area contributed by atoms with Crippen LogP contribution in [0.2, 0.25) is 0 Å². The first kappa shape index (κ1) is 19.4. The minimum Gasteiger partial charge on any atom is -0.482 e. The normalized spacial score (nSPS) is 13.0. The number of non-ortho nitro benzene ring substituents is 1. The second kappa shape index (κ2) is 7.82. The van der Waals surface area contributed by atoms with Gasteiger partial charge >= 0.3 is 0 Å². The summed E-state index contributed by atoms with van der Waals surface area (Å²) in [4.78, 5) is 39.2. The van der Waals surface area contributed by atoms with Gasteiger partial charge in [0.05, 0.1) is 16.3 Å². The van der Waals surface area contributed by atoms with Crippen molar-refractivity contribution in [2.24, 2.45) is 0 Å². The lowest BCUT2D eigenvalue weighted by molar-refractivity contribution is -0.384. The van der Waals surface area contributed by atoms with Crippen LogP contribution in [-0.2, 0) is 9.59 Å². The Bertz CT molecular complexity index is 1160. The largest absolute Gasteiger partial charge is 0.482 e. The van der Waals surface area contributed by atoms with Gasteiger partial charge in [0.2, 0.25) is 5.91 Å². The van der Waals surface area contributed by atoms with Crippen molar-refractivity contribution in [1.82, 2.24) is 0 Å². The molecule has 1 aliphatic rings. The van der Waals surface area contributed by atoms with Gasteiger partial charge in [0.15, 0.2) is 6.61 Å². The molecule has 4 rings (SSSR count). The molecule has 0 radical (unpaired) electrons. The standard InChI is InChI=1S/C22H19N3O5/c1-2-23(18-9-5-7-15-6-3-4-8-17(15)18)21(26)13-24-19-12-16(25(28)29)10-11-20(19)30-14-22(24)27/h3-12H,2,13-14H2,1H3. The summed E-state index contributed by atoms with van der Waals surface area (Å²) in [7, 11) is 0. The van der Waals surface area contributed by atoms with Gasteiger partial charge in [0.1, 0.15) is 12.3 Å². The zero-order valence-electron chi connectivity index (χ0n) is 16.3. The molecule has 0 unspecified atom stereocenters. The second-order valence-corrected chi connectivity index (χ2v) is 6.81. The molecule has 0 saturated carbocycles. The summed E-state index contributed by atoms with van der Waals surface area (Å²) in [5.74, 6) is -0.381. The van der Waals surface area contributed by atoms with Crippen LogP contribution in [0.5, 0.6) is 5.75 Å². The molecule has 152 valence electrons. The van der Waals surface area contributed by atoms with Crippen molar-refractivity contribution >= 4 is 39.6 Å². The average molecular weight is 405 g/mol. The van der Waals surface area contributed by atoms with E-state index in [2.05, 4.69) is 0 Å². The van der Waals surface area contributed by atoms with Gasteiger partial charge < -0.3 is 9.64 Å². The number of hydrogen-bond donors (Lipinski definition) is 0. The fourth-order valence-electron chi connectivity index (χ4n) is 3.62. The minimum atomic E-state index is -0.548. The minimum absolute atomic E-state index is 0.175. The van der Waals surface area contributed by atoms with Gasteiger partial charge in [-0.15, -0.1) is 0 Å². The van der Waals surface area contributed by atoms with E-state index in [1.807, 2.05) is 49.4 Å². The van der Waals surface area contributed by atoms with Crippen LogP contribution in [0.4, 0.5) is 17.1 Å². The highest BCUT2D eigenvalue weighted by molar-refractivity contribution is 6.09. The monoisotopic (exact) mass is 405 g/mol. The van der Waals surface area contributed by atoms with E-state index in [4.69, 9.17) is 4.74 Å². The fraction of sp³-hybridized carbons (Fsp3) is 0.182. The summed E-state index contributed by atoms with van der Waals surface area (Å²) < 4.78 is 5.37. The van der Waals surface area contributed by atoms with E-state index in [-0.39, 0.29) is 30.4 Å². The molecule has 8 nitrogen and oxygen atoms in total. The third-order valence-electron chi connectivity index (χ3n) is 5.06. The Labute approximate surface area is 172 Å². The Morgan fingerprint density at radius 2 is 1.93 bits per heavy atom. The Hall–Kier alpha value is -3.94. The quantitative estimate of drug-likeness (QED) is 0.478. The maximum absolute atomic E-state index is 13.2. The summed E-state index contributed by atoms with van der Waals surface area (Å²) in [6.07, 6.45) is 0. The SMILES string of the molecule is CCN(C(=O)CN1C(=O)COc2ccc([N+](=O)[O-])cc21)c1cccc2ccccc12. The molecule has 8 heteroatoms. The van der Waals surface area contributed by atoms with Crippen molar-refractivity contribution < 1.29 is 19.2 Å². The number of nitrogens with zero attached hydrogens (tertiary/aromatic N) is 3. The number of carbonyl (C=O) groups is 2. The van der Waals surface area contributed by atoms with Gasteiger partial charge in [-0.2, -0.15) is 0 Å². The number of fused-ring (bicyclic) bond motifs is 2. The van der Waals surface area contributed by atoms with E-state index in [1.165, 1.54) is 23.1 Å². The number of nitro groups is 1. The highest BCUT2D eigenvalue weighted by Gasteiger charge is 2.30. The van der Waals surface area contributed by atoms with Crippen molar-refractivity contribution in [1.29, 1.82) is 0 Å². The number of anilines is 2. The maximum Gasteiger partial charge on any atom is 0.271 e. The van der Waals surface area contributed by atoms with E-state index >= 15 is 0 Å². The lowest BCUT2D eigenvalue weighted by atomic mass is 10.1. The van der Waals surface area contributed by atoms with Crippen LogP contribution in [0, 0.1) is 10.1 Å². The number of nitro benzene ring substituents is 1. The van der Waals surface area contributed by atoms with Crippen LogP contribution in [0.15, 0.2) is 60.7 Å². The Kier molecular flexibility index (Phi) is 5.05. The lowest BCUT2D eigenvalue weighted by Crippen LogP contribution is -2.46. The van der Waals surface area contributed by atoms with Gasteiger partial charge in [-0.25, -0.2) is 0 Å². The molecule has 1 aliphatic heterocycles. The smallest absolute Gasteiger partial charge is 0.271 e. The van der Waals surface area contributed by atoms with Crippen LogP contribution in [0.3, 0.4) is 0 Å². The molecule has 0 fully saturated rings. The molecule has 0 bridgehead atoms. The lowest BCUT2D eigenvalue weighted by Gasteiger charge is -2.31. The Morgan fingerprint density at radius 3 is 2.70 bits per heavy atom. The zero-order valence-corrected chi connectivity index (χ0v) is 16.3. The predicted octanol–water partition coefficient (Wildman–Crippen LogP) is 3.53. The summed E-state index contributed by atoms with van der Waals surface area (Å²) >= 11 is 0. The zero-order chi connectivity index (χ0) is 21.3. The van der Waals surface area contributed by atoms with Crippen LogP contribution >= 0.6 is 0 Å². The first-order chi connectivity index (χ1) is 14.5. The molecular formula is C22H19N3O5. The number of amides is 2. The summed E-state index contributed by atoms with van der Waals surface area (Å²) in [5.41, 5.74) is 0.800. The first-order valence-corrected chi connectivity index (χ1v) is 9.49. The van der Waals surface area contributed by atoms with E-state index in [9.17, 15) is 19.7 Å². The van der Waals surface area contributed by atoms with Gasteiger partial charge in [-0.1, -0.05) is 36.4 Å². The fourth-order valence-corrected chi connectivity index (χ4v) is 3.62. The number of ether oxygens (including phenoxy) is 1. The van der Waals surface area contributed by atoms with Crippen LogP contribution in [-0.4, -0.2) is 36.4 Å². The predicted molar refractivity (Wildman–Crippen MR) is 113 cm³/mol. The van der Waals surface area contributed by atoms with Gasteiger partial charge in [0, 0.05) is 24.1 Å². The van der Waals surface area contributed by atoms with Crippen LogP contribution in [0.1, 0.15) is 6.92 Å². The Balaban J connectivity index is 1.68. The van der Waals surface area contributed by atoms with Gasteiger partial charge in [-0.05, 0) is 24.4 Å². The number of benzene rings is 3. The van der Waals surface area contributed by atoms with Crippen molar-refractivity contribution in [2.75, 3.05) is 29.5 Å². The molecule has 0 saturated heterocycles. The van der Waals surface area contributed by atoms with Crippen molar-refractivity contribution in [3.8, 4) is 5.75 Å². The highest BCUT2D eigenvalue weighted by atomic mass is 16.6. The third-order valence-corrected chi connectivity index (χ3v) is 5.06. The van der Waals surface area contributed by atoms with Gasteiger partial charge in [0.25, 0.3) is 11.6 Å². The van der Waals surface area contributed by atoms with E-state index in [0.717, 1.165) is 16.5 Å². The number of likely N-dealkylation sites (N-methyl/N-ethyl adjacent to an activating group) is 1. The maximum atomic E-state index is 13.2. The third kappa shape index (κ3) is 3.43. The van der Waals surface area contributed by atoms with Crippen molar-refractivity contribution in [2.45, 2.75) is 6.92 Å². The molecule has 0 aromatic heterocycles. The summed E-state index contributed by atoms with van der Waals surface area (Å²) in [5, 5.41) is 13.1.